The van der Waals surface area contributed by atoms with E-state index in [-0.39, 0.29) is 19.1 Å². The summed E-state index contributed by atoms with van der Waals surface area (Å²) in [7, 11) is 1.66. The summed E-state index contributed by atoms with van der Waals surface area (Å²) in [5, 5.41) is 11.6. The highest BCUT2D eigenvalue weighted by Crippen LogP contribution is 2.19. The number of nitrogens with zero attached hydrogens (tertiary/aromatic N) is 1. The minimum absolute atomic E-state index is 0.107. The van der Waals surface area contributed by atoms with Crippen LogP contribution in [0.25, 0.3) is 0 Å². The summed E-state index contributed by atoms with van der Waals surface area (Å²) in [6.07, 6.45) is 0.870. The molecule has 0 aliphatic heterocycles. The van der Waals surface area contributed by atoms with Gasteiger partial charge in [0.2, 0.25) is 5.91 Å². The number of carbonyl (C=O) groups excluding carboxylic acids is 1. The first kappa shape index (κ1) is 14.4. The van der Waals surface area contributed by atoms with Crippen LogP contribution in [0, 0.1) is 5.82 Å². The molecule has 0 aliphatic rings. The number of amides is 1. The Balaban J connectivity index is 2.66. The number of rotatable bonds is 6. The van der Waals surface area contributed by atoms with Gasteiger partial charge in [0.1, 0.15) is 5.82 Å². The van der Waals surface area contributed by atoms with Crippen LogP contribution in [-0.4, -0.2) is 31.2 Å². The lowest BCUT2D eigenvalue weighted by Gasteiger charge is -2.19. The second kappa shape index (κ2) is 6.96. The van der Waals surface area contributed by atoms with Gasteiger partial charge in [0.25, 0.3) is 0 Å². The molecular formula is C13H19FN2O2. The normalized spacial score (nSPS) is 10.2. The summed E-state index contributed by atoms with van der Waals surface area (Å²) in [4.78, 5) is 13.0. The molecule has 1 aromatic carbocycles. The van der Waals surface area contributed by atoms with Crippen molar-refractivity contribution in [1.82, 2.24) is 5.32 Å². The third-order valence-corrected chi connectivity index (χ3v) is 2.56. The lowest BCUT2D eigenvalue weighted by atomic mass is 10.2. The van der Waals surface area contributed by atoms with E-state index in [1.54, 1.807) is 24.1 Å². The molecule has 0 aromatic heterocycles. The lowest BCUT2D eigenvalue weighted by molar-refractivity contribution is -0.119. The van der Waals surface area contributed by atoms with Crippen molar-refractivity contribution in [2.24, 2.45) is 0 Å². The molecule has 0 atom stereocenters. The van der Waals surface area contributed by atoms with Gasteiger partial charge < -0.3 is 15.3 Å². The fraction of sp³-hybridized carbons (Fsp3) is 0.462. The summed E-state index contributed by atoms with van der Waals surface area (Å²) in [5.74, 6) is -0.572. The molecule has 1 amide bonds. The molecule has 0 saturated heterocycles. The van der Waals surface area contributed by atoms with Crippen LogP contribution in [0.5, 0.6) is 0 Å². The van der Waals surface area contributed by atoms with Crippen molar-refractivity contribution < 1.29 is 14.3 Å². The molecule has 1 rings (SSSR count). The van der Waals surface area contributed by atoms with Crippen molar-refractivity contribution in [2.75, 3.05) is 25.0 Å². The van der Waals surface area contributed by atoms with Crippen LogP contribution in [0.15, 0.2) is 18.2 Å². The Bertz CT molecular complexity index is 410. The van der Waals surface area contributed by atoms with E-state index in [0.717, 1.165) is 6.42 Å². The largest absolute Gasteiger partial charge is 0.392 e. The number of aliphatic hydroxyl groups excluding tert-OH is 1. The Labute approximate surface area is 106 Å². The van der Waals surface area contributed by atoms with Crippen molar-refractivity contribution in [3.05, 3.63) is 29.6 Å². The molecule has 2 N–H and O–H groups in total. The minimum Gasteiger partial charge on any atom is -0.392 e. The van der Waals surface area contributed by atoms with Crippen LogP contribution in [0.2, 0.25) is 0 Å². The van der Waals surface area contributed by atoms with Crippen LogP contribution in [0.1, 0.15) is 18.9 Å². The van der Waals surface area contributed by atoms with Gasteiger partial charge in [0, 0.05) is 13.6 Å². The van der Waals surface area contributed by atoms with Crippen molar-refractivity contribution in [1.29, 1.82) is 0 Å². The molecule has 0 bridgehead atoms. The van der Waals surface area contributed by atoms with E-state index in [4.69, 9.17) is 5.11 Å². The minimum atomic E-state index is -0.438. The van der Waals surface area contributed by atoms with Crippen molar-refractivity contribution in [3.8, 4) is 0 Å². The molecule has 0 spiro atoms. The predicted octanol–water partition coefficient (Wildman–Crippen LogP) is 1.28. The molecular weight excluding hydrogens is 235 g/mol. The average molecular weight is 254 g/mol. The number of nitrogens with one attached hydrogen (secondary N) is 1. The maximum atomic E-state index is 13.7. The molecule has 0 saturated carbocycles. The van der Waals surface area contributed by atoms with Gasteiger partial charge in [-0.1, -0.05) is 13.0 Å². The van der Waals surface area contributed by atoms with Crippen LogP contribution in [0.4, 0.5) is 10.1 Å². The van der Waals surface area contributed by atoms with Gasteiger partial charge in [-0.2, -0.15) is 0 Å². The predicted molar refractivity (Wildman–Crippen MR) is 68.9 cm³/mol. The van der Waals surface area contributed by atoms with E-state index in [0.29, 0.717) is 17.8 Å². The first-order valence-electron chi connectivity index (χ1n) is 5.95. The van der Waals surface area contributed by atoms with Gasteiger partial charge in [0.15, 0.2) is 0 Å². The third-order valence-electron chi connectivity index (χ3n) is 2.56. The fourth-order valence-corrected chi connectivity index (χ4v) is 1.58. The fourth-order valence-electron chi connectivity index (χ4n) is 1.58. The van der Waals surface area contributed by atoms with Crippen molar-refractivity contribution in [3.63, 3.8) is 0 Å². The number of anilines is 1. The van der Waals surface area contributed by atoms with E-state index >= 15 is 0 Å². The summed E-state index contributed by atoms with van der Waals surface area (Å²) in [6.45, 7) is 2.50. The summed E-state index contributed by atoms with van der Waals surface area (Å²) in [6, 6.07) is 4.47. The monoisotopic (exact) mass is 254 g/mol. The molecule has 1 aromatic rings. The smallest absolute Gasteiger partial charge is 0.239 e. The Hall–Kier alpha value is -1.62. The van der Waals surface area contributed by atoms with Crippen molar-refractivity contribution in [2.45, 2.75) is 20.0 Å². The zero-order valence-corrected chi connectivity index (χ0v) is 10.7. The maximum Gasteiger partial charge on any atom is 0.239 e. The summed E-state index contributed by atoms with van der Waals surface area (Å²) < 4.78 is 13.7. The molecule has 5 heteroatoms. The van der Waals surface area contributed by atoms with Crippen LogP contribution in [-0.2, 0) is 11.4 Å². The number of aliphatic hydroxyl groups is 1. The highest BCUT2D eigenvalue weighted by Gasteiger charge is 2.11. The van der Waals surface area contributed by atoms with Gasteiger partial charge in [-0.3, -0.25) is 4.79 Å². The molecule has 4 nitrogen and oxygen atoms in total. The third kappa shape index (κ3) is 4.00. The van der Waals surface area contributed by atoms with Crippen LogP contribution >= 0.6 is 0 Å². The zero-order valence-electron chi connectivity index (χ0n) is 10.7. The van der Waals surface area contributed by atoms with Gasteiger partial charge in [0.05, 0.1) is 18.8 Å². The van der Waals surface area contributed by atoms with Crippen LogP contribution < -0.4 is 10.2 Å². The maximum absolute atomic E-state index is 13.7. The van der Waals surface area contributed by atoms with E-state index in [1.165, 1.54) is 6.07 Å². The number of hydrogen-bond acceptors (Lipinski definition) is 3. The second-order valence-electron chi connectivity index (χ2n) is 4.15. The van der Waals surface area contributed by atoms with E-state index in [1.807, 2.05) is 6.92 Å². The van der Waals surface area contributed by atoms with E-state index in [9.17, 15) is 9.18 Å². The second-order valence-corrected chi connectivity index (χ2v) is 4.15. The Morgan fingerprint density at radius 3 is 2.78 bits per heavy atom. The molecule has 0 aliphatic carbocycles. The van der Waals surface area contributed by atoms with Gasteiger partial charge in [-0.25, -0.2) is 4.39 Å². The Morgan fingerprint density at radius 2 is 2.22 bits per heavy atom. The lowest BCUT2D eigenvalue weighted by Crippen LogP contribution is -2.35. The summed E-state index contributed by atoms with van der Waals surface area (Å²) in [5.41, 5.74) is 0.860. The molecule has 0 radical (unpaired) electrons. The number of benzene rings is 1. The molecule has 0 unspecified atom stereocenters. The number of likely N-dealkylation sites (N-methyl/N-ethyl adjacent to an activating group) is 1. The van der Waals surface area contributed by atoms with Gasteiger partial charge in [-0.05, 0) is 24.1 Å². The first-order chi connectivity index (χ1) is 8.58. The molecule has 0 heterocycles. The SMILES string of the molecule is CCCNC(=O)CN(C)c1ccc(CO)cc1F. The first-order valence-corrected chi connectivity index (χ1v) is 5.95. The van der Waals surface area contributed by atoms with Crippen molar-refractivity contribution >= 4 is 11.6 Å². The quantitative estimate of drug-likeness (QED) is 0.804. The number of carbonyl (C=O) groups is 1. The standard InChI is InChI=1S/C13H19FN2O2/c1-3-6-15-13(18)8-16(2)12-5-4-10(9-17)7-11(12)14/h4-5,7,17H,3,6,8-9H2,1-2H3,(H,15,18). The molecule has 18 heavy (non-hydrogen) atoms. The van der Waals surface area contributed by atoms with Gasteiger partial charge >= 0.3 is 0 Å². The van der Waals surface area contributed by atoms with Gasteiger partial charge in [-0.15, -0.1) is 0 Å². The Kier molecular flexibility index (Phi) is 5.58. The number of halogens is 1. The van der Waals surface area contributed by atoms with E-state index < -0.39 is 5.82 Å². The molecule has 100 valence electrons. The molecule has 0 fully saturated rings. The van der Waals surface area contributed by atoms with Crippen LogP contribution in [0.3, 0.4) is 0 Å². The highest BCUT2D eigenvalue weighted by molar-refractivity contribution is 5.81. The summed E-state index contributed by atoms with van der Waals surface area (Å²) >= 11 is 0. The Morgan fingerprint density at radius 1 is 1.50 bits per heavy atom. The number of hydrogen-bond donors (Lipinski definition) is 2. The average Bonchev–Trinajstić information content (AvgIpc) is 2.35. The van der Waals surface area contributed by atoms with E-state index in [2.05, 4.69) is 5.32 Å². The highest BCUT2D eigenvalue weighted by atomic mass is 19.1. The topological polar surface area (TPSA) is 52.6 Å². The zero-order chi connectivity index (χ0) is 13.5.